The van der Waals surface area contributed by atoms with Crippen molar-refractivity contribution in [2.75, 3.05) is 0 Å². The normalized spacial score (nSPS) is 13.5. The molecule has 0 aliphatic carbocycles. The minimum Gasteiger partial charge on any atom is -0.389 e. The Labute approximate surface area is 105 Å². The molecule has 0 spiro atoms. The molecule has 5 nitrogen and oxygen atoms in total. The standard InChI is InChI=1S/C13H15N3O2/c1-13(2,18)10(12(14)17)8-4-3-5-9-11(8)16-7-6-15-9/h3-7,10,18H,1-2H3,(H2,14,17). The predicted molar refractivity (Wildman–Crippen MR) is 67.8 cm³/mol. The number of aromatic nitrogens is 2. The summed E-state index contributed by atoms with van der Waals surface area (Å²) in [6, 6.07) is 5.31. The number of benzene rings is 1. The molecule has 2 aromatic rings. The summed E-state index contributed by atoms with van der Waals surface area (Å²) >= 11 is 0. The summed E-state index contributed by atoms with van der Waals surface area (Å²) in [5.41, 5.74) is 6.00. The van der Waals surface area contributed by atoms with Crippen LogP contribution in [0.25, 0.3) is 11.0 Å². The van der Waals surface area contributed by atoms with E-state index in [1.165, 1.54) is 0 Å². The van der Waals surface area contributed by atoms with E-state index in [0.29, 0.717) is 16.6 Å². The van der Waals surface area contributed by atoms with E-state index in [9.17, 15) is 9.90 Å². The van der Waals surface area contributed by atoms with Crippen molar-refractivity contribution in [3.05, 3.63) is 36.2 Å². The summed E-state index contributed by atoms with van der Waals surface area (Å²) in [6.45, 7) is 3.11. The van der Waals surface area contributed by atoms with Gasteiger partial charge in [0.05, 0.1) is 22.6 Å². The molecule has 1 atom stereocenters. The average molecular weight is 245 g/mol. The fourth-order valence-corrected chi connectivity index (χ4v) is 2.13. The number of aliphatic hydroxyl groups is 1. The number of nitrogens with zero attached hydrogens (tertiary/aromatic N) is 2. The molecule has 0 radical (unpaired) electrons. The minimum absolute atomic E-state index is 0.583. The Morgan fingerprint density at radius 1 is 1.33 bits per heavy atom. The van der Waals surface area contributed by atoms with Gasteiger partial charge in [-0.25, -0.2) is 0 Å². The first kappa shape index (κ1) is 12.4. The Hall–Kier alpha value is -2.01. The Kier molecular flexibility index (Phi) is 3.00. The minimum atomic E-state index is -1.25. The van der Waals surface area contributed by atoms with Gasteiger partial charge in [-0.2, -0.15) is 0 Å². The predicted octanol–water partition coefficient (Wildman–Crippen LogP) is 0.970. The second-order valence-corrected chi connectivity index (χ2v) is 4.76. The van der Waals surface area contributed by atoms with Crippen molar-refractivity contribution in [2.24, 2.45) is 5.73 Å². The van der Waals surface area contributed by atoms with Crippen molar-refractivity contribution in [3.8, 4) is 0 Å². The lowest BCUT2D eigenvalue weighted by molar-refractivity contribution is -0.124. The largest absolute Gasteiger partial charge is 0.389 e. The molecule has 2 rings (SSSR count). The summed E-state index contributed by atoms with van der Waals surface area (Å²) in [7, 11) is 0. The van der Waals surface area contributed by atoms with E-state index in [1.54, 1.807) is 44.4 Å². The number of carbonyl (C=O) groups excluding carboxylic acids is 1. The van der Waals surface area contributed by atoms with Crippen molar-refractivity contribution < 1.29 is 9.90 Å². The maximum atomic E-state index is 11.6. The monoisotopic (exact) mass is 245 g/mol. The molecule has 0 saturated heterocycles. The van der Waals surface area contributed by atoms with E-state index in [4.69, 9.17) is 5.73 Å². The van der Waals surface area contributed by atoms with Gasteiger partial charge < -0.3 is 10.8 Å². The summed E-state index contributed by atoms with van der Waals surface area (Å²) in [5, 5.41) is 10.1. The third kappa shape index (κ3) is 2.17. The Morgan fingerprint density at radius 2 is 2.00 bits per heavy atom. The molecule has 1 amide bonds. The lowest BCUT2D eigenvalue weighted by Crippen LogP contribution is -2.38. The van der Waals surface area contributed by atoms with Gasteiger partial charge in [-0.15, -0.1) is 0 Å². The highest BCUT2D eigenvalue weighted by molar-refractivity contribution is 5.89. The van der Waals surface area contributed by atoms with Crippen LogP contribution in [0.5, 0.6) is 0 Å². The van der Waals surface area contributed by atoms with E-state index in [0.717, 1.165) is 0 Å². The molecule has 1 heterocycles. The number of fused-ring (bicyclic) bond motifs is 1. The highest BCUT2D eigenvalue weighted by Crippen LogP contribution is 2.31. The van der Waals surface area contributed by atoms with Gasteiger partial charge in [-0.05, 0) is 25.5 Å². The van der Waals surface area contributed by atoms with Crippen LogP contribution >= 0.6 is 0 Å². The molecule has 3 N–H and O–H groups in total. The molecular formula is C13H15N3O2. The molecule has 1 aromatic heterocycles. The smallest absolute Gasteiger partial charge is 0.227 e. The van der Waals surface area contributed by atoms with Crippen LogP contribution in [0, 0.1) is 0 Å². The number of para-hydroxylation sites is 1. The lowest BCUT2D eigenvalue weighted by Gasteiger charge is -2.27. The third-order valence-corrected chi connectivity index (χ3v) is 2.83. The number of hydrogen-bond acceptors (Lipinski definition) is 4. The van der Waals surface area contributed by atoms with Crippen molar-refractivity contribution in [1.29, 1.82) is 0 Å². The van der Waals surface area contributed by atoms with Gasteiger partial charge in [0.2, 0.25) is 5.91 Å². The number of nitrogens with two attached hydrogens (primary N) is 1. The summed E-state index contributed by atoms with van der Waals surface area (Å²) in [5.74, 6) is -1.40. The van der Waals surface area contributed by atoms with Gasteiger partial charge in [0.15, 0.2) is 0 Å². The Bertz CT molecular complexity index is 585. The van der Waals surface area contributed by atoms with Crippen LogP contribution in [0.15, 0.2) is 30.6 Å². The van der Waals surface area contributed by atoms with Crippen molar-refractivity contribution in [1.82, 2.24) is 9.97 Å². The van der Waals surface area contributed by atoms with Gasteiger partial charge in [-0.1, -0.05) is 12.1 Å². The lowest BCUT2D eigenvalue weighted by atomic mass is 9.83. The van der Waals surface area contributed by atoms with Gasteiger partial charge in [-0.3, -0.25) is 14.8 Å². The van der Waals surface area contributed by atoms with E-state index in [2.05, 4.69) is 9.97 Å². The number of amides is 1. The van der Waals surface area contributed by atoms with Crippen LogP contribution in [0.4, 0.5) is 0 Å². The Balaban J connectivity index is 2.69. The number of carbonyl (C=O) groups is 1. The van der Waals surface area contributed by atoms with Gasteiger partial charge in [0.25, 0.3) is 0 Å². The zero-order chi connectivity index (χ0) is 13.3. The van der Waals surface area contributed by atoms with Crippen LogP contribution in [-0.2, 0) is 4.79 Å². The maximum Gasteiger partial charge on any atom is 0.227 e. The quantitative estimate of drug-likeness (QED) is 0.843. The summed E-state index contributed by atoms with van der Waals surface area (Å²) < 4.78 is 0. The van der Waals surface area contributed by atoms with Crippen LogP contribution < -0.4 is 5.73 Å². The number of hydrogen-bond donors (Lipinski definition) is 2. The molecule has 0 fully saturated rings. The molecule has 1 unspecified atom stereocenters. The van der Waals surface area contributed by atoms with Crippen LogP contribution in [0.3, 0.4) is 0 Å². The topological polar surface area (TPSA) is 89.1 Å². The molecule has 0 aliphatic rings. The highest BCUT2D eigenvalue weighted by atomic mass is 16.3. The SMILES string of the molecule is CC(C)(O)C(C(N)=O)c1cccc2nccnc12. The first-order chi connectivity index (χ1) is 8.41. The second kappa shape index (κ2) is 4.34. The van der Waals surface area contributed by atoms with E-state index < -0.39 is 17.4 Å². The molecule has 18 heavy (non-hydrogen) atoms. The third-order valence-electron chi connectivity index (χ3n) is 2.83. The number of primary amides is 1. The molecule has 0 aliphatic heterocycles. The van der Waals surface area contributed by atoms with Crippen LogP contribution in [-0.4, -0.2) is 26.6 Å². The molecule has 0 bridgehead atoms. The zero-order valence-corrected chi connectivity index (χ0v) is 10.3. The summed E-state index contributed by atoms with van der Waals surface area (Å²) in [4.78, 5) is 20.0. The van der Waals surface area contributed by atoms with E-state index >= 15 is 0 Å². The first-order valence-electron chi connectivity index (χ1n) is 5.62. The zero-order valence-electron chi connectivity index (χ0n) is 10.3. The molecule has 0 saturated carbocycles. The number of rotatable bonds is 3. The highest BCUT2D eigenvalue weighted by Gasteiger charge is 2.34. The van der Waals surface area contributed by atoms with Crippen LogP contribution in [0.2, 0.25) is 0 Å². The molecule has 94 valence electrons. The first-order valence-corrected chi connectivity index (χ1v) is 5.62. The van der Waals surface area contributed by atoms with Gasteiger partial charge in [0, 0.05) is 12.4 Å². The fourth-order valence-electron chi connectivity index (χ4n) is 2.13. The maximum absolute atomic E-state index is 11.6. The van der Waals surface area contributed by atoms with E-state index in [-0.39, 0.29) is 0 Å². The van der Waals surface area contributed by atoms with Gasteiger partial charge in [0.1, 0.15) is 0 Å². The molecule has 5 heteroatoms. The van der Waals surface area contributed by atoms with E-state index in [1.807, 2.05) is 0 Å². The second-order valence-electron chi connectivity index (χ2n) is 4.76. The average Bonchev–Trinajstić information content (AvgIpc) is 2.27. The molecular weight excluding hydrogens is 230 g/mol. The van der Waals surface area contributed by atoms with Gasteiger partial charge >= 0.3 is 0 Å². The Morgan fingerprint density at radius 3 is 2.61 bits per heavy atom. The van der Waals surface area contributed by atoms with Crippen LogP contribution in [0.1, 0.15) is 25.3 Å². The fraction of sp³-hybridized carbons (Fsp3) is 0.308. The van der Waals surface area contributed by atoms with Crippen molar-refractivity contribution in [2.45, 2.75) is 25.4 Å². The van der Waals surface area contributed by atoms with Crippen molar-refractivity contribution >= 4 is 16.9 Å². The molecule has 1 aromatic carbocycles. The summed E-state index contributed by atoms with van der Waals surface area (Å²) in [6.07, 6.45) is 3.13. The van der Waals surface area contributed by atoms with Crippen molar-refractivity contribution in [3.63, 3.8) is 0 Å².